The second-order valence-corrected chi connectivity index (χ2v) is 7.38. The molecule has 3 N–H and O–H groups in total. The van der Waals surface area contributed by atoms with Crippen molar-refractivity contribution < 1.29 is 9.59 Å². The van der Waals surface area contributed by atoms with E-state index in [1.165, 1.54) is 0 Å². The van der Waals surface area contributed by atoms with Gasteiger partial charge in [-0.1, -0.05) is 28.9 Å². The molecule has 2 aromatic rings. The minimum Gasteiger partial charge on any atom is -0.322 e. The Morgan fingerprint density at radius 3 is 2.81 bits per heavy atom. The topological polar surface area (TPSA) is 88.1 Å². The Labute approximate surface area is 160 Å². The van der Waals surface area contributed by atoms with E-state index >= 15 is 0 Å². The number of amides is 2. The van der Waals surface area contributed by atoms with Gasteiger partial charge in [-0.3, -0.25) is 14.9 Å². The number of rotatable bonds is 4. The van der Waals surface area contributed by atoms with Crippen LogP contribution in [0.25, 0.3) is 0 Å². The number of anilines is 1. The zero-order valence-corrected chi connectivity index (χ0v) is 16.5. The first-order valence-corrected chi connectivity index (χ1v) is 9.38. The Morgan fingerprint density at radius 2 is 2.15 bits per heavy atom. The largest absolute Gasteiger partial charge is 0.322 e. The van der Waals surface area contributed by atoms with Crippen LogP contribution in [0.4, 0.5) is 5.82 Å². The quantitative estimate of drug-likeness (QED) is 0.710. The molecule has 26 heavy (non-hydrogen) atoms. The third-order valence-corrected chi connectivity index (χ3v) is 5.00. The van der Waals surface area contributed by atoms with Crippen LogP contribution in [-0.4, -0.2) is 27.6 Å². The van der Waals surface area contributed by atoms with Crippen LogP contribution < -0.4 is 16.0 Å². The number of nitrogens with one attached hydrogen (secondary N) is 3. The van der Waals surface area contributed by atoms with Crippen LogP contribution in [-0.2, 0) is 4.79 Å². The zero-order valence-electron chi connectivity index (χ0n) is 14.9. The lowest BCUT2D eigenvalue weighted by atomic mass is 9.95. The van der Waals surface area contributed by atoms with Gasteiger partial charge >= 0.3 is 0 Å². The smallest absolute Gasteiger partial charge is 0.256 e. The van der Waals surface area contributed by atoms with Crippen molar-refractivity contribution in [2.24, 2.45) is 5.92 Å². The molecule has 2 amide bonds. The van der Waals surface area contributed by atoms with E-state index in [9.17, 15) is 9.59 Å². The fraction of sp³-hybridized carbons (Fsp3) is 0.389. The average Bonchev–Trinajstić information content (AvgIpc) is 2.95. The van der Waals surface area contributed by atoms with Crippen molar-refractivity contribution in [3.05, 3.63) is 46.1 Å². The third kappa shape index (κ3) is 3.81. The fourth-order valence-corrected chi connectivity index (χ4v) is 3.57. The summed E-state index contributed by atoms with van der Waals surface area (Å²) in [5.74, 6) is 0.185. The van der Waals surface area contributed by atoms with Gasteiger partial charge in [-0.25, -0.2) is 4.68 Å². The lowest BCUT2D eigenvalue weighted by Gasteiger charge is -2.35. The highest BCUT2D eigenvalue weighted by Crippen LogP contribution is 2.22. The lowest BCUT2D eigenvalue weighted by Crippen LogP contribution is -2.57. The van der Waals surface area contributed by atoms with Crippen LogP contribution in [0.15, 0.2) is 34.8 Å². The number of aryl methyl sites for hydroxylation is 1. The van der Waals surface area contributed by atoms with E-state index in [4.69, 9.17) is 0 Å². The predicted molar refractivity (Wildman–Crippen MR) is 103 cm³/mol. The van der Waals surface area contributed by atoms with E-state index in [0.29, 0.717) is 11.4 Å². The van der Waals surface area contributed by atoms with Crippen molar-refractivity contribution in [3.8, 4) is 0 Å². The maximum atomic E-state index is 12.6. The highest BCUT2D eigenvalue weighted by molar-refractivity contribution is 9.10. The molecule has 1 aliphatic heterocycles. The number of hydrogen-bond donors (Lipinski definition) is 3. The second kappa shape index (κ2) is 7.59. The Kier molecular flexibility index (Phi) is 5.43. The molecule has 1 fully saturated rings. The summed E-state index contributed by atoms with van der Waals surface area (Å²) in [6, 6.07) is 8.94. The molecule has 3 atom stereocenters. The summed E-state index contributed by atoms with van der Waals surface area (Å²) in [4.78, 5) is 24.9. The number of carbonyl (C=O) groups excluding carboxylic acids is 2. The van der Waals surface area contributed by atoms with Gasteiger partial charge in [0.2, 0.25) is 5.91 Å². The first kappa shape index (κ1) is 18.6. The summed E-state index contributed by atoms with van der Waals surface area (Å²) in [6.45, 7) is 5.81. The highest BCUT2D eigenvalue weighted by Gasteiger charge is 2.34. The van der Waals surface area contributed by atoms with E-state index in [-0.39, 0.29) is 23.8 Å². The van der Waals surface area contributed by atoms with Crippen molar-refractivity contribution in [2.45, 2.75) is 39.5 Å². The summed E-state index contributed by atoms with van der Waals surface area (Å²) in [6.07, 6.45) is 0.254. The molecule has 0 spiro atoms. The molecule has 0 aliphatic carbocycles. The van der Waals surface area contributed by atoms with Gasteiger partial charge in [0.15, 0.2) is 6.29 Å². The van der Waals surface area contributed by atoms with Crippen molar-refractivity contribution in [1.29, 1.82) is 0 Å². The van der Waals surface area contributed by atoms with Crippen LogP contribution in [0.3, 0.4) is 0 Å². The molecule has 3 unspecified atom stereocenters. The third-order valence-electron chi connectivity index (χ3n) is 4.51. The van der Waals surface area contributed by atoms with Gasteiger partial charge in [-0.05, 0) is 38.5 Å². The van der Waals surface area contributed by atoms with Gasteiger partial charge in [0, 0.05) is 22.1 Å². The van der Waals surface area contributed by atoms with E-state index in [2.05, 4.69) is 37.0 Å². The van der Waals surface area contributed by atoms with Crippen LogP contribution in [0.1, 0.15) is 42.6 Å². The maximum Gasteiger partial charge on any atom is 0.256 e. The molecule has 7 nitrogen and oxygen atoms in total. The highest BCUT2D eigenvalue weighted by atomic mass is 79.9. The van der Waals surface area contributed by atoms with E-state index in [1.807, 2.05) is 26.8 Å². The standard InChI is InChI=1S/C18H22BrN5O2/c1-4-14-11(3)20-18(22-17(14)26)24-15(8-10(2)23-24)21-16(25)12-6-5-7-13(19)9-12/h5-9,11,14,18,20H,4H2,1-3H3,(H,21,25)(H,22,26). The summed E-state index contributed by atoms with van der Waals surface area (Å²) in [7, 11) is 0. The monoisotopic (exact) mass is 419 g/mol. The van der Waals surface area contributed by atoms with Crippen molar-refractivity contribution >= 4 is 33.6 Å². The Balaban J connectivity index is 1.82. The Hall–Kier alpha value is -2.19. The summed E-state index contributed by atoms with van der Waals surface area (Å²) < 4.78 is 2.43. The molecule has 0 bridgehead atoms. The predicted octanol–water partition coefficient (Wildman–Crippen LogP) is 2.80. The molecular formula is C18H22BrN5O2. The normalized spacial score (nSPS) is 22.8. The molecule has 3 rings (SSSR count). The lowest BCUT2D eigenvalue weighted by molar-refractivity contribution is -0.130. The molecule has 1 saturated heterocycles. The molecule has 2 heterocycles. The van der Waals surface area contributed by atoms with Gasteiger partial charge in [-0.15, -0.1) is 0 Å². The van der Waals surface area contributed by atoms with Gasteiger partial charge in [0.25, 0.3) is 5.91 Å². The van der Waals surface area contributed by atoms with Crippen LogP contribution in [0.2, 0.25) is 0 Å². The maximum absolute atomic E-state index is 12.6. The van der Waals surface area contributed by atoms with E-state index in [1.54, 1.807) is 28.9 Å². The summed E-state index contributed by atoms with van der Waals surface area (Å²) in [5.41, 5.74) is 1.28. The molecule has 0 saturated carbocycles. The van der Waals surface area contributed by atoms with Gasteiger partial charge in [0.05, 0.1) is 11.6 Å². The molecule has 138 valence electrons. The first-order chi connectivity index (χ1) is 12.4. The first-order valence-electron chi connectivity index (χ1n) is 8.58. The van der Waals surface area contributed by atoms with Crippen LogP contribution in [0, 0.1) is 12.8 Å². The molecular weight excluding hydrogens is 398 g/mol. The average molecular weight is 420 g/mol. The Morgan fingerprint density at radius 1 is 1.38 bits per heavy atom. The number of aromatic nitrogens is 2. The number of hydrogen-bond acceptors (Lipinski definition) is 4. The number of benzene rings is 1. The van der Waals surface area contributed by atoms with Gasteiger partial charge in [0.1, 0.15) is 5.82 Å². The van der Waals surface area contributed by atoms with Crippen molar-refractivity contribution in [2.75, 3.05) is 5.32 Å². The molecule has 0 radical (unpaired) electrons. The molecule has 1 aliphatic rings. The second-order valence-electron chi connectivity index (χ2n) is 6.46. The van der Waals surface area contributed by atoms with Crippen LogP contribution >= 0.6 is 15.9 Å². The van der Waals surface area contributed by atoms with E-state index in [0.717, 1.165) is 16.6 Å². The molecule has 1 aromatic heterocycles. The summed E-state index contributed by atoms with van der Waals surface area (Å²) in [5, 5.41) is 13.6. The minimum atomic E-state index is -0.508. The minimum absolute atomic E-state index is 0.0110. The van der Waals surface area contributed by atoms with Crippen molar-refractivity contribution in [1.82, 2.24) is 20.4 Å². The Bertz CT molecular complexity index is 835. The summed E-state index contributed by atoms with van der Waals surface area (Å²) >= 11 is 3.37. The molecule has 1 aromatic carbocycles. The molecule has 8 heteroatoms. The number of nitrogens with zero attached hydrogens (tertiary/aromatic N) is 2. The van der Waals surface area contributed by atoms with E-state index < -0.39 is 6.29 Å². The van der Waals surface area contributed by atoms with Crippen molar-refractivity contribution in [3.63, 3.8) is 0 Å². The van der Waals surface area contributed by atoms with Gasteiger partial charge in [-0.2, -0.15) is 5.10 Å². The fourth-order valence-electron chi connectivity index (χ4n) is 3.17. The zero-order chi connectivity index (χ0) is 18.8. The number of carbonyl (C=O) groups is 2. The van der Waals surface area contributed by atoms with Gasteiger partial charge < -0.3 is 10.6 Å². The number of halogens is 1. The van der Waals surface area contributed by atoms with Crippen LogP contribution in [0.5, 0.6) is 0 Å². The SMILES string of the molecule is CCC1C(=O)NC(n2nc(C)cc2NC(=O)c2cccc(Br)c2)NC1C.